The van der Waals surface area contributed by atoms with E-state index in [1.807, 2.05) is 0 Å². The van der Waals surface area contributed by atoms with E-state index in [9.17, 15) is 15.0 Å². The summed E-state index contributed by atoms with van der Waals surface area (Å²) >= 11 is 0. The molecule has 0 saturated heterocycles. The number of nitrogens with zero attached hydrogens (tertiary/aromatic N) is 1. The lowest BCUT2D eigenvalue weighted by atomic mass is 10.2. The number of hydrogen-bond donors (Lipinski definition) is 3. The van der Waals surface area contributed by atoms with Crippen LogP contribution in [0.3, 0.4) is 0 Å². The lowest BCUT2D eigenvalue weighted by molar-refractivity contribution is 0.0998. The summed E-state index contributed by atoms with van der Waals surface area (Å²) in [6.07, 6.45) is 0. The van der Waals surface area contributed by atoms with Gasteiger partial charge in [0.2, 0.25) is 5.89 Å². The lowest BCUT2D eigenvalue weighted by Gasteiger charge is -1.97. The quantitative estimate of drug-likeness (QED) is 0.659. The van der Waals surface area contributed by atoms with Crippen molar-refractivity contribution in [3.05, 3.63) is 42.0 Å². The first kappa shape index (κ1) is 12.0. The van der Waals surface area contributed by atoms with Gasteiger partial charge in [0.15, 0.2) is 5.58 Å². The summed E-state index contributed by atoms with van der Waals surface area (Å²) in [5.41, 5.74) is 6.57. The van der Waals surface area contributed by atoms with Gasteiger partial charge in [-0.15, -0.1) is 0 Å². The number of primary amides is 1. The summed E-state index contributed by atoms with van der Waals surface area (Å²) in [4.78, 5) is 15.4. The second-order valence-corrected chi connectivity index (χ2v) is 4.27. The molecular formula is C14H10N2O4. The number of hydrogen-bond acceptors (Lipinski definition) is 5. The molecule has 0 aliphatic heterocycles. The third-order valence-electron chi connectivity index (χ3n) is 2.89. The molecule has 0 atom stereocenters. The molecule has 6 nitrogen and oxygen atoms in total. The van der Waals surface area contributed by atoms with Crippen LogP contribution in [-0.4, -0.2) is 21.1 Å². The predicted octanol–water partition coefficient (Wildman–Crippen LogP) is 2.00. The molecule has 1 aromatic heterocycles. The van der Waals surface area contributed by atoms with Crippen molar-refractivity contribution in [2.45, 2.75) is 0 Å². The highest BCUT2D eigenvalue weighted by Crippen LogP contribution is 2.29. The van der Waals surface area contributed by atoms with Crippen molar-refractivity contribution in [3.63, 3.8) is 0 Å². The number of phenols is 2. The van der Waals surface area contributed by atoms with Crippen LogP contribution >= 0.6 is 0 Å². The van der Waals surface area contributed by atoms with Crippen LogP contribution < -0.4 is 5.73 Å². The molecule has 100 valence electrons. The average Bonchev–Trinajstić information content (AvgIpc) is 2.81. The van der Waals surface area contributed by atoms with Crippen LogP contribution in [-0.2, 0) is 0 Å². The number of phenolic OH excluding ortho intramolecular Hbond substituents is 1. The van der Waals surface area contributed by atoms with Crippen LogP contribution in [0, 0.1) is 0 Å². The van der Waals surface area contributed by atoms with Crippen LogP contribution in [0.2, 0.25) is 0 Å². The van der Waals surface area contributed by atoms with Gasteiger partial charge >= 0.3 is 0 Å². The predicted molar refractivity (Wildman–Crippen MR) is 71.3 cm³/mol. The summed E-state index contributed by atoms with van der Waals surface area (Å²) in [6.45, 7) is 0. The molecule has 1 heterocycles. The molecule has 0 fully saturated rings. The summed E-state index contributed by atoms with van der Waals surface area (Å²) in [7, 11) is 0. The summed E-state index contributed by atoms with van der Waals surface area (Å²) in [5.74, 6) is -0.531. The van der Waals surface area contributed by atoms with E-state index < -0.39 is 5.91 Å². The molecule has 0 radical (unpaired) electrons. The Morgan fingerprint density at radius 3 is 2.50 bits per heavy atom. The molecule has 3 rings (SSSR count). The van der Waals surface area contributed by atoms with E-state index in [2.05, 4.69) is 4.98 Å². The monoisotopic (exact) mass is 270 g/mol. The minimum Gasteiger partial charge on any atom is -0.508 e. The van der Waals surface area contributed by atoms with Crippen molar-refractivity contribution in [3.8, 4) is 23.0 Å². The zero-order chi connectivity index (χ0) is 14.3. The van der Waals surface area contributed by atoms with Crippen molar-refractivity contribution >= 4 is 17.0 Å². The van der Waals surface area contributed by atoms with Crippen molar-refractivity contribution in [1.29, 1.82) is 0 Å². The fraction of sp³-hybridized carbons (Fsp3) is 0. The van der Waals surface area contributed by atoms with E-state index in [1.165, 1.54) is 24.3 Å². The van der Waals surface area contributed by atoms with Gasteiger partial charge in [0.1, 0.15) is 17.0 Å². The van der Waals surface area contributed by atoms with Gasteiger partial charge in [0.05, 0.1) is 5.56 Å². The van der Waals surface area contributed by atoms with E-state index in [-0.39, 0.29) is 17.1 Å². The molecule has 0 aliphatic carbocycles. The van der Waals surface area contributed by atoms with Crippen LogP contribution in [0.25, 0.3) is 22.6 Å². The number of rotatable bonds is 2. The molecule has 6 heteroatoms. The van der Waals surface area contributed by atoms with E-state index in [1.54, 1.807) is 12.1 Å². The molecule has 2 aromatic carbocycles. The lowest BCUT2D eigenvalue weighted by Crippen LogP contribution is -2.10. The van der Waals surface area contributed by atoms with Gasteiger partial charge in [-0.25, -0.2) is 4.98 Å². The first-order chi connectivity index (χ1) is 9.54. The second-order valence-electron chi connectivity index (χ2n) is 4.27. The Kier molecular flexibility index (Phi) is 2.57. The average molecular weight is 270 g/mol. The number of oxazole rings is 1. The Bertz CT molecular complexity index is 806. The number of aromatic hydroxyl groups is 2. The largest absolute Gasteiger partial charge is 0.508 e. The van der Waals surface area contributed by atoms with Gasteiger partial charge < -0.3 is 20.4 Å². The molecule has 0 unspecified atom stereocenters. The van der Waals surface area contributed by atoms with E-state index in [4.69, 9.17) is 10.2 Å². The second kappa shape index (κ2) is 4.27. The number of benzene rings is 2. The first-order valence-electron chi connectivity index (χ1n) is 5.77. The van der Waals surface area contributed by atoms with Crippen LogP contribution in [0.4, 0.5) is 0 Å². The highest BCUT2D eigenvalue weighted by molar-refractivity contribution is 5.99. The molecule has 1 amide bonds. The van der Waals surface area contributed by atoms with Gasteiger partial charge in [-0.2, -0.15) is 0 Å². The first-order valence-corrected chi connectivity index (χ1v) is 5.77. The summed E-state index contributed by atoms with van der Waals surface area (Å²) in [6, 6.07) is 8.99. The van der Waals surface area contributed by atoms with Gasteiger partial charge in [-0.3, -0.25) is 4.79 Å². The number of fused-ring (bicyclic) bond motifs is 1. The number of nitrogens with two attached hydrogens (primary N) is 1. The van der Waals surface area contributed by atoms with E-state index in [0.717, 1.165) is 0 Å². The topological polar surface area (TPSA) is 110 Å². The standard InChI is InChI=1S/C14H10N2O4/c15-13(19)9-5-10-12(6-11(9)18)20-14(16-10)7-1-3-8(17)4-2-7/h1-6,17-18H,(H2,15,19). The van der Waals surface area contributed by atoms with Crippen molar-refractivity contribution in [2.75, 3.05) is 0 Å². The minimum absolute atomic E-state index is 0.0111. The molecule has 3 aromatic rings. The molecule has 0 spiro atoms. The van der Waals surface area contributed by atoms with Gasteiger partial charge in [0.25, 0.3) is 5.91 Å². The zero-order valence-electron chi connectivity index (χ0n) is 10.2. The third-order valence-corrected chi connectivity index (χ3v) is 2.89. The Hall–Kier alpha value is -3.02. The normalized spacial score (nSPS) is 10.8. The van der Waals surface area contributed by atoms with Crippen molar-refractivity contribution in [2.24, 2.45) is 5.73 Å². The minimum atomic E-state index is -0.737. The highest BCUT2D eigenvalue weighted by atomic mass is 16.3. The van der Waals surface area contributed by atoms with Crippen LogP contribution in [0.1, 0.15) is 10.4 Å². The Labute approximate surface area is 113 Å². The van der Waals surface area contributed by atoms with Crippen molar-refractivity contribution in [1.82, 2.24) is 4.98 Å². The number of aromatic nitrogens is 1. The fourth-order valence-electron chi connectivity index (χ4n) is 1.89. The summed E-state index contributed by atoms with van der Waals surface area (Å²) in [5, 5.41) is 18.9. The molecular weight excluding hydrogens is 260 g/mol. The maximum Gasteiger partial charge on any atom is 0.252 e. The Balaban J connectivity index is 2.15. The van der Waals surface area contributed by atoms with Gasteiger partial charge in [0, 0.05) is 11.6 Å². The molecule has 4 N–H and O–H groups in total. The number of amides is 1. The molecule has 20 heavy (non-hydrogen) atoms. The SMILES string of the molecule is NC(=O)c1cc2nc(-c3ccc(O)cc3)oc2cc1O. The number of carbonyl (C=O) groups excluding carboxylic acids is 1. The molecule has 0 bridgehead atoms. The third kappa shape index (κ3) is 1.93. The van der Waals surface area contributed by atoms with Crippen LogP contribution in [0.5, 0.6) is 11.5 Å². The van der Waals surface area contributed by atoms with E-state index in [0.29, 0.717) is 22.6 Å². The van der Waals surface area contributed by atoms with E-state index >= 15 is 0 Å². The van der Waals surface area contributed by atoms with Gasteiger partial charge in [-0.1, -0.05) is 0 Å². The smallest absolute Gasteiger partial charge is 0.252 e. The maximum absolute atomic E-state index is 11.2. The Morgan fingerprint density at radius 2 is 1.85 bits per heavy atom. The fourth-order valence-corrected chi connectivity index (χ4v) is 1.89. The maximum atomic E-state index is 11.2. The molecule has 0 aliphatic rings. The number of carbonyl (C=O) groups is 1. The summed E-state index contributed by atoms with van der Waals surface area (Å²) < 4.78 is 5.50. The highest BCUT2D eigenvalue weighted by Gasteiger charge is 2.14. The Morgan fingerprint density at radius 1 is 1.15 bits per heavy atom. The zero-order valence-corrected chi connectivity index (χ0v) is 10.2. The van der Waals surface area contributed by atoms with Crippen molar-refractivity contribution < 1.29 is 19.4 Å². The van der Waals surface area contributed by atoms with Gasteiger partial charge in [-0.05, 0) is 30.3 Å². The molecule has 0 saturated carbocycles. The van der Waals surface area contributed by atoms with Crippen LogP contribution in [0.15, 0.2) is 40.8 Å².